The number of thiazole rings is 1. The number of hydrogen-bond donors (Lipinski definition) is 2. The molecule has 4 nitrogen and oxygen atoms in total. The zero-order valence-corrected chi connectivity index (χ0v) is 8.27. The van der Waals surface area contributed by atoms with Crippen LogP contribution in [0.5, 0.6) is 0 Å². The maximum Gasteiger partial charge on any atom is 0.241 e. The Labute approximate surface area is 75.1 Å². The van der Waals surface area contributed by atoms with Crippen LogP contribution in [0.3, 0.4) is 0 Å². The molecule has 0 amide bonds. The zero-order valence-electron chi connectivity index (χ0n) is 7.46. The normalized spacial score (nSPS) is 12.1. The number of nitrogens with one attached hydrogen (secondary N) is 1. The Bertz CT molecular complexity index is 326. The third-order valence-corrected chi connectivity index (χ3v) is 2.63. The molecule has 1 heterocycles. The van der Waals surface area contributed by atoms with Gasteiger partial charge in [0.2, 0.25) is 4.80 Å². The summed E-state index contributed by atoms with van der Waals surface area (Å²) in [5.74, 6) is 0. The van der Waals surface area contributed by atoms with Crippen LogP contribution in [0.15, 0.2) is 5.10 Å². The molecule has 0 aliphatic heterocycles. The summed E-state index contributed by atoms with van der Waals surface area (Å²) in [7, 11) is 0. The summed E-state index contributed by atoms with van der Waals surface area (Å²) in [5.41, 5.74) is 3.64. The molecule has 1 aromatic heterocycles. The van der Waals surface area contributed by atoms with Gasteiger partial charge in [-0.25, -0.2) is 0 Å². The lowest BCUT2D eigenvalue weighted by Crippen LogP contribution is -2.18. The second kappa shape index (κ2) is 3.62. The monoisotopic (exact) mass is 187 g/mol. The van der Waals surface area contributed by atoms with E-state index >= 15 is 0 Å². The quantitative estimate of drug-likeness (QED) is 0.532. The highest BCUT2D eigenvalue weighted by atomic mass is 32.1. The lowest BCUT2D eigenvalue weighted by Gasteiger charge is -1.93. The number of hydrogen-bond acceptors (Lipinski definition) is 4. The molecule has 1 rings (SSSR count). The molecule has 0 atom stereocenters. The summed E-state index contributed by atoms with van der Waals surface area (Å²) >= 11 is 1.46. The molecule has 68 valence electrons. The van der Waals surface area contributed by atoms with Gasteiger partial charge in [0, 0.05) is 11.4 Å². The van der Waals surface area contributed by atoms with E-state index in [9.17, 15) is 5.21 Å². The van der Waals surface area contributed by atoms with Crippen LogP contribution >= 0.6 is 11.3 Å². The van der Waals surface area contributed by atoms with Crippen LogP contribution in [0.25, 0.3) is 0 Å². The molecule has 0 fully saturated rings. The largest absolute Gasteiger partial charge is 0.426 e. The molecule has 0 bridgehead atoms. The van der Waals surface area contributed by atoms with Crippen LogP contribution < -0.4 is 10.2 Å². The van der Waals surface area contributed by atoms with Gasteiger partial charge in [-0.2, -0.15) is 4.73 Å². The predicted octanol–water partition coefficient (Wildman–Crippen LogP) is 0.829. The van der Waals surface area contributed by atoms with Crippen molar-refractivity contribution in [2.75, 3.05) is 6.54 Å². The van der Waals surface area contributed by atoms with E-state index in [0.717, 1.165) is 21.8 Å². The standard InChI is InChI=1S/C7H13N3OS/c1-4-8-9-7-10(11)5(2)6(3)12-7/h8,11H,4H2,1-3H3. The first-order valence-electron chi connectivity index (χ1n) is 3.81. The van der Waals surface area contributed by atoms with Gasteiger partial charge in [0.05, 0.1) is 5.69 Å². The molecular formula is C7H13N3OS. The van der Waals surface area contributed by atoms with Crippen molar-refractivity contribution < 1.29 is 5.21 Å². The molecule has 0 saturated heterocycles. The lowest BCUT2D eigenvalue weighted by atomic mass is 10.4. The molecule has 0 saturated carbocycles. The Balaban J connectivity index is 3.09. The molecule has 0 unspecified atom stereocenters. The smallest absolute Gasteiger partial charge is 0.241 e. The number of aryl methyl sites for hydroxylation is 1. The van der Waals surface area contributed by atoms with Gasteiger partial charge in [0.25, 0.3) is 0 Å². The van der Waals surface area contributed by atoms with Gasteiger partial charge in [-0.1, -0.05) is 11.3 Å². The van der Waals surface area contributed by atoms with Crippen molar-refractivity contribution in [1.82, 2.24) is 10.2 Å². The topological polar surface area (TPSA) is 49.5 Å². The number of rotatable bonds is 2. The summed E-state index contributed by atoms with van der Waals surface area (Å²) in [5, 5.41) is 13.4. The Morgan fingerprint density at radius 3 is 2.67 bits per heavy atom. The highest BCUT2D eigenvalue weighted by Gasteiger charge is 2.02. The third kappa shape index (κ3) is 1.61. The Morgan fingerprint density at radius 2 is 2.25 bits per heavy atom. The first kappa shape index (κ1) is 9.12. The van der Waals surface area contributed by atoms with Gasteiger partial charge in [0.1, 0.15) is 0 Å². The van der Waals surface area contributed by atoms with Crippen molar-refractivity contribution in [2.24, 2.45) is 5.10 Å². The minimum Gasteiger partial charge on any atom is -0.426 e. The minimum absolute atomic E-state index is 0.590. The molecule has 0 aliphatic rings. The van der Waals surface area contributed by atoms with E-state index in [4.69, 9.17) is 0 Å². The molecule has 0 aliphatic carbocycles. The average Bonchev–Trinajstić information content (AvgIpc) is 2.30. The minimum atomic E-state index is 0.590. The van der Waals surface area contributed by atoms with Gasteiger partial charge in [-0.05, 0) is 20.8 Å². The average molecular weight is 187 g/mol. The molecule has 1 aromatic rings. The highest BCUT2D eigenvalue weighted by molar-refractivity contribution is 7.09. The van der Waals surface area contributed by atoms with Gasteiger partial charge in [-0.15, -0.1) is 5.10 Å². The Morgan fingerprint density at radius 1 is 1.58 bits per heavy atom. The zero-order chi connectivity index (χ0) is 9.14. The second-order valence-electron chi connectivity index (χ2n) is 2.46. The van der Waals surface area contributed by atoms with Crippen molar-refractivity contribution in [3.63, 3.8) is 0 Å². The van der Waals surface area contributed by atoms with Gasteiger partial charge in [-0.3, -0.25) is 0 Å². The van der Waals surface area contributed by atoms with Gasteiger partial charge in [0.15, 0.2) is 0 Å². The van der Waals surface area contributed by atoms with Crippen LogP contribution in [0.2, 0.25) is 0 Å². The highest BCUT2D eigenvalue weighted by Crippen LogP contribution is 2.06. The first-order valence-corrected chi connectivity index (χ1v) is 4.63. The van der Waals surface area contributed by atoms with E-state index in [1.54, 1.807) is 0 Å². The van der Waals surface area contributed by atoms with Gasteiger partial charge >= 0.3 is 0 Å². The van der Waals surface area contributed by atoms with Crippen LogP contribution in [-0.4, -0.2) is 16.5 Å². The summed E-state index contributed by atoms with van der Waals surface area (Å²) in [6.07, 6.45) is 0. The predicted molar refractivity (Wildman–Crippen MR) is 48.2 cm³/mol. The van der Waals surface area contributed by atoms with Gasteiger partial charge < -0.3 is 10.6 Å². The first-order chi connectivity index (χ1) is 5.66. The van der Waals surface area contributed by atoms with E-state index in [2.05, 4.69) is 10.5 Å². The van der Waals surface area contributed by atoms with Crippen LogP contribution in [-0.2, 0) is 0 Å². The Kier molecular flexibility index (Phi) is 2.75. The molecule has 12 heavy (non-hydrogen) atoms. The van der Waals surface area contributed by atoms with Crippen molar-refractivity contribution in [3.05, 3.63) is 15.4 Å². The van der Waals surface area contributed by atoms with Crippen molar-refractivity contribution in [2.45, 2.75) is 20.8 Å². The lowest BCUT2D eigenvalue weighted by molar-refractivity contribution is 0.170. The fourth-order valence-electron chi connectivity index (χ4n) is 0.763. The fourth-order valence-corrected chi connectivity index (χ4v) is 1.61. The summed E-state index contributed by atoms with van der Waals surface area (Å²) in [6, 6.07) is 0. The van der Waals surface area contributed by atoms with Crippen LogP contribution in [0.1, 0.15) is 17.5 Å². The van der Waals surface area contributed by atoms with Crippen LogP contribution in [0, 0.1) is 13.8 Å². The molecule has 5 heteroatoms. The SMILES string of the molecule is CCNN=c1sc(C)c(C)n1O. The maximum atomic E-state index is 9.44. The van der Waals surface area contributed by atoms with E-state index in [-0.39, 0.29) is 0 Å². The molecule has 0 aromatic carbocycles. The molecule has 2 N–H and O–H groups in total. The van der Waals surface area contributed by atoms with E-state index in [1.165, 1.54) is 11.3 Å². The van der Waals surface area contributed by atoms with E-state index in [1.807, 2.05) is 20.8 Å². The van der Waals surface area contributed by atoms with Crippen LogP contribution in [0.4, 0.5) is 0 Å². The number of nitrogens with zero attached hydrogens (tertiary/aromatic N) is 2. The molecule has 0 spiro atoms. The van der Waals surface area contributed by atoms with Crippen molar-refractivity contribution in [3.8, 4) is 0 Å². The van der Waals surface area contributed by atoms with Crippen molar-refractivity contribution in [1.29, 1.82) is 0 Å². The number of aromatic nitrogens is 1. The fraction of sp³-hybridized carbons (Fsp3) is 0.571. The second-order valence-corrected chi connectivity index (χ2v) is 3.64. The Hall–Kier alpha value is -0.970. The van der Waals surface area contributed by atoms with E-state index < -0.39 is 0 Å². The summed E-state index contributed by atoms with van der Waals surface area (Å²) in [6.45, 7) is 6.53. The summed E-state index contributed by atoms with van der Waals surface area (Å²) in [4.78, 5) is 1.67. The maximum absolute atomic E-state index is 9.44. The molecule has 0 radical (unpaired) electrons. The molecular weight excluding hydrogens is 174 g/mol. The third-order valence-electron chi connectivity index (χ3n) is 1.59. The van der Waals surface area contributed by atoms with E-state index in [0.29, 0.717) is 4.80 Å². The summed E-state index contributed by atoms with van der Waals surface area (Å²) < 4.78 is 1.10. The van der Waals surface area contributed by atoms with Crippen molar-refractivity contribution >= 4 is 11.3 Å².